The summed E-state index contributed by atoms with van der Waals surface area (Å²) in [6, 6.07) is 1.76. The summed E-state index contributed by atoms with van der Waals surface area (Å²) in [6.45, 7) is 0. The Kier molecular flexibility index (Phi) is 1.84. The Bertz CT molecular complexity index is 307. The van der Waals surface area contributed by atoms with Crippen LogP contribution in [0.5, 0.6) is 0 Å². The maximum Gasteiger partial charge on any atom is 0.306 e. The molecule has 0 aromatic carbocycles. The van der Waals surface area contributed by atoms with E-state index >= 15 is 0 Å². The molecule has 3 atom stereocenters. The molecular weight excluding hydrogens is 168 g/mol. The van der Waals surface area contributed by atoms with Crippen LogP contribution in [-0.2, 0) is 4.79 Å². The lowest BCUT2D eigenvalue weighted by Gasteiger charge is -2.07. The smallest absolute Gasteiger partial charge is 0.306 e. The van der Waals surface area contributed by atoms with E-state index in [1.165, 1.54) is 0 Å². The first kappa shape index (κ1) is 8.31. The normalized spacial score (nSPS) is 28.4. The second kappa shape index (κ2) is 2.88. The van der Waals surface area contributed by atoms with Gasteiger partial charge in [0.05, 0.1) is 5.92 Å². The summed E-state index contributed by atoms with van der Waals surface area (Å²) in [5.41, 5.74) is 6.88. The first-order valence-corrected chi connectivity index (χ1v) is 4.31. The van der Waals surface area contributed by atoms with Crippen molar-refractivity contribution in [2.75, 3.05) is 0 Å². The molecule has 0 bridgehead atoms. The highest BCUT2D eigenvalue weighted by Crippen LogP contribution is 2.46. The molecule has 13 heavy (non-hydrogen) atoms. The van der Waals surface area contributed by atoms with Crippen LogP contribution in [0.4, 0.5) is 0 Å². The fourth-order valence-electron chi connectivity index (χ4n) is 1.69. The van der Waals surface area contributed by atoms with Gasteiger partial charge in [-0.3, -0.25) is 4.79 Å². The molecule has 2 rings (SSSR count). The van der Waals surface area contributed by atoms with Gasteiger partial charge < -0.3 is 15.8 Å². The molecule has 1 saturated carbocycles. The summed E-state index contributed by atoms with van der Waals surface area (Å²) < 4.78 is 0. The number of aliphatic carboxylic acids is 1. The van der Waals surface area contributed by atoms with E-state index in [4.69, 9.17) is 10.8 Å². The molecule has 4 nitrogen and oxygen atoms in total. The van der Waals surface area contributed by atoms with Gasteiger partial charge in [0.1, 0.15) is 0 Å². The van der Waals surface area contributed by atoms with Crippen molar-refractivity contribution >= 4 is 5.97 Å². The Hall–Kier alpha value is -1.29. The lowest BCUT2D eigenvalue weighted by molar-refractivity contribution is -0.138. The van der Waals surface area contributed by atoms with Gasteiger partial charge in [-0.05, 0) is 24.0 Å². The van der Waals surface area contributed by atoms with Gasteiger partial charge in [-0.1, -0.05) is 0 Å². The van der Waals surface area contributed by atoms with Gasteiger partial charge in [-0.2, -0.15) is 0 Å². The quantitative estimate of drug-likeness (QED) is 0.641. The van der Waals surface area contributed by atoms with Gasteiger partial charge in [-0.25, -0.2) is 0 Å². The zero-order valence-corrected chi connectivity index (χ0v) is 7.10. The monoisotopic (exact) mass is 180 g/mol. The number of carboxylic acids is 1. The van der Waals surface area contributed by atoms with Crippen LogP contribution in [0.15, 0.2) is 18.5 Å². The summed E-state index contributed by atoms with van der Waals surface area (Å²) >= 11 is 0. The molecule has 0 saturated heterocycles. The van der Waals surface area contributed by atoms with Crippen molar-refractivity contribution in [1.29, 1.82) is 0 Å². The van der Waals surface area contributed by atoms with Crippen molar-refractivity contribution < 1.29 is 9.90 Å². The maximum absolute atomic E-state index is 10.6. The van der Waals surface area contributed by atoms with Crippen LogP contribution < -0.4 is 5.73 Å². The molecule has 4 N–H and O–H groups in total. The second-order valence-electron chi connectivity index (χ2n) is 3.51. The van der Waals surface area contributed by atoms with Crippen molar-refractivity contribution in [2.45, 2.75) is 12.5 Å². The average molecular weight is 180 g/mol. The third-order valence-corrected chi connectivity index (χ3v) is 2.63. The number of carboxylic acid groups (broad SMARTS) is 1. The van der Waals surface area contributed by atoms with Crippen LogP contribution in [-0.4, -0.2) is 16.1 Å². The van der Waals surface area contributed by atoms with E-state index in [0.717, 1.165) is 5.56 Å². The lowest BCUT2D eigenvalue weighted by Crippen LogP contribution is -2.14. The second-order valence-corrected chi connectivity index (χ2v) is 3.51. The minimum atomic E-state index is -0.726. The molecular formula is C9H12N2O2. The van der Waals surface area contributed by atoms with E-state index < -0.39 is 5.97 Å². The number of hydrogen-bond acceptors (Lipinski definition) is 2. The molecule has 1 aromatic heterocycles. The maximum atomic E-state index is 10.6. The molecule has 4 heteroatoms. The number of aromatic nitrogens is 1. The molecule has 0 radical (unpaired) electrons. The minimum Gasteiger partial charge on any atom is -0.481 e. The molecule has 1 aliphatic carbocycles. The third-order valence-electron chi connectivity index (χ3n) is 2.63. The molecule has 1 aromatic rings. The largest absolute Gasteiger partial charge is 0.481 e. The third kappa shape index (κ3) is 1.45. The van der Waals surface area contributed by atoms with Crippen molar-refractivity contribution in [1.82, 2.24) is 4.98 Å². The van der Waals surface area contributed by atoms with E-state index in [1.807, 2.05) is 12.3 Å². The number of H-pyrrole nitrogens is 1. The predicted octanol–water partition coefficient (Wildman–Crippen LogP) is 0.735. The zero-order valence-electron chi connectivity index (χ0n) is 7.10. The first-order valence-electron chi connectivity index (χ1n) is 4.31. The summed E-state index contributed by atoms with van der Waals surface area (Å²) in [7, 11) is 0. The highest BCUT2D eigenvalue weighted by Gasteiger charge is 2.47. The molecule has 0 aliphatic heterocycles. The van der Waals surface area contributed by atoms with Gasteiger partial charge in [0, 0.05) is 18.4 Å². The van der Waals surface area contributed by atoms with Crippen molar-refractivity contribution in [3.8, 4) is 0 Å². The Morgan fingerprint density at radius 3 is 3.00 bits per heavy atom. The van der Waals surface area contributed by atoms with Crippen LogP contribution in [0.1, 0.15) is 18.0 Å². The highest BCUT2D eigenvalue weighted by molar-refractivity contribution is 5.73. The molecule has 0 spiro atoms. The Morgan fingerprint density at radius 2 is 2.54 bits per heavy atom. The zero-order chi connectivity index (χ0) is 9.42. The summed E-state index contributed by atoms with van der Waals surface area (Å²) in [5, 5.41) is 8.71. The number of nitrogens with two attached hydrogens (primary N) is 1. The molecule has 1 fully saturated rings. The van der Waals surface area contributed by atoms with E-state index in [1.54, 1.807) is 6.20 Å². The highest BCUT2D eigenvalue weighted by atomic mass is 16.4. The first-order chi connectivity index (χ1) is 6.20. The Morgan fingerprint density at radius 1 is 1.77 bits per heavy atom. The van der Waals surface area contributed by atoms with E-state index in [2.05, 4.69) is 4.98 Å². The summed E-state index contributed by atoms with van der Waals surface area (Å²) in [4.78, 5) is 13.5. The van der Waals surface area contributed by atoms with Crippen LogP contribution in [0, 0.1) is 11.8 Å². The standard InChI is InChI=1S/C9H12N2O2/c10-8(5-1-2-11-4-5)6-3-7(6)9(12)13/h1-2,4,6-8,11H,3,10H2,(H,12,13). The Labute approximate surface area is 75.8 Å². The molecule has 70 valence electrons. The van der Waals surface area contributed by atoms with Gasteiger partial charge in [-0.15, -0.1) is 0 Å². The van der Waals surface area contributed by atoms with Gasteiger partial charge >= 0.3 is 5.97 Å². The van der Waals surface area contributed by atoms with Gasteiger partial charge in [0.25, 0.3) is 0 Å². The fourth-order valence-corrected chi connectivity index (χ4v) is 1.69. The van der Waals surface area contributed by atoms with E-state index in [0.29, 0.717) is 6.42 Å². The SMILES string of the molecule is NC(c1cc[nH]c1)C1CC1C(=O)O. The molecule has 1 heterocycles. The Balaban J connectivity index is 2.01. The van der Waals surface area contributed by atoms with Crippen LogP contribution in [0.3, 0.4) is 0 Å². The lowest BCUT2D eigenvalue weighted by atomic mass is 10.1. The van der Waals surface area contributed by atoms with Crippen molar-refractivity contribution in [3.05, 3.63) is 24.0 Å². The van der Waals surface area contributed by atoms with E-state index in [9.17, 15) is 4.79 Å². The van der Waals surface area contributed by atoms with Crippen LogP contribution in [0.2, 0.25) is 0 Å². The topological polar surface area (TPSA) is 79.1 Å². The molecule has 1 aliphatic rings. The molecule has 0 amide bonds. The molecule has 3 unspecified atom stereocenters. The van der Waals surface area contributed by atoms with Crippen molar-refractivity contribution in [2.24, 2.45) is 17.6 Å². The number of nitrogens with one attached hydrogen (secondary N) is 1. The number of hydrogen-bond donors (Lipinski definition) is 3. The summed E-state index contributed by atoms with van der Waals surface area (Å²) in [6.07, 6.45) is 4.33. The van der Waals surface area contributed by atoms with E-state index in [-0.39, 0.29) is 17.9 Å². The van der Waals surface area contributed by atoms with Crippen LogP contribution >= 0.6 is 0 Å². The van der Waals surface area contributed by atoms with Gasteiger partial charge in [0.15, 0.2) is 0 Å². The number of rotatable bonds is 3. The summed E-state index contributed by atoms with van der Waals surface area (Å²) in [5.74, 6) is -0.839. The average Bonchev–Trinajstić information content (AvgIpc) is 2.72. The van der Waals surface area contributed by atoms with Crippen LogP contribution in [0.25, 0.3) is 0 Å². The fraction of sp³-hybridized carbons (Fsp3) is 0.444. The van der Waals surface area contributed by atoms with Gasteiger partial charge in [0.2, 0.25) is 0 Å². The van der Waals surface area contributed by atoms with Crippen molar-refractivity contribution in [3.63, 3.8) is 0 Å². The number of carbonyl (C=O) groups is 1. The minimum absolute atomic E-state index is 0.119. The predicted molar refractivity (Wildman–Crippen MR) is 47.0 cm³/mol. The number of aromatic amines is 1.